The number of rotatable bonds is 2. The Bertz CT molecular complexity index is 140. The second-order valence-corrected chi connectivity index (χ2v) is 2.14. The molecule has 0 radical (unpaired) electrons. The third-order valence-electron chi connectivity index (χ3n) is 0.910. The molecule has 2 N–H and O–H groups in total. The van der Waals surface area contributed by atoms with Crippen molar-refractivity contribution in [2.24, 2.45) is 11.7 Å². The zero-order valence-electron chi connectivity index (χ0n) is 7.17. The molecule has 0 aliphatic heterocycles. The lowest BCUT2D eigenvalue weighted by Gasteiger charge is -1.91. The molecule has 62 valence electrons. The van der Waals surface area contributed by atoms with E-state index in [9.17, 15) is 0 Å². The highest BCUT2D eigenvalue weighted by atomic mass is 14.5. The molecule has 0 rings (SSSR count). The fourth-order valence-electron chi connectivity index (χ4n) is 0.346. The van der Waals surface area contributed by atoms with Crippen LogP contribution in [0.4, 0.5) is 0 Å². The van der Waals surface area contributed by atoms with E-state index in [4.69, 9.17) is 16.3 Å². The van der Waals surface area contributed by atoms with E-state index in [-0.39, 0.29) is 5.92 Å². The van der Waals surface area contributed by atoms with Crippen molar-refractivity contribution < 1.29 is 0 Å². The summed E-state index contributed by atoms with van der Waals surface area (Å²) in [4.78, 5) is 0. The number of hydrogen-bond donors (Lipinski definition) is 1. The van der Waals surface area contributed by atoms with E-state index in [1.165, 1.54) is 0 Å². The first-order valence-electron chi connectivity index (χ1n) is 3.69. The third kappa shape index (κ3) is 17.6. The van der Waals surface area contributed by atoms with Crippen LogP contribution in [-0.2, 0) is 0 Å². The first kappa shape index (κ1) is 12.6. The standard InChI is InChI=1S/C6H8N2.C2H7N/c1-6(5-8)3-2-4-7;1-2-3/h6H,2-3H2,1H3;2-3H2,1H3. The van der Waals surface area contributed by atoms with Gasteiger partial charge in [0.2, 0.25) is 0 Å². The van der Waals surface area contributed by atoms with Gasteiger partial charge in [0.25, 0.3) is 0 Å². The van der Waals surface area contributed by atoms with E-state index in [1.54, 1.807) is 0 Å². The van der Waals surface area contributed by atoms with E-state index >= 15 is 0 Å². The Balaban J connectivity index is 0. The molecule has 0 saturated heterocycles. The summed E-state index contributed by atoms with van der Waals surface area (Å²) in [5, 5.41) is 16.3. The predicted molar refractivity (Wildman–Crippen MR) is 44.4 cm³/mol. The van der Waals surface area contributed by atoms with E-state index < -0.39 is 0 Å². The zero-order chi connectivity index (χ0) is 9.11. The molecule has 0 amide bonds. The quantitative estimate of drug-likeness (QED) is 0.651. The van der Waals surface area contributed by atoms with Crippen LogP contribution in [0.2, 0.25) is 0 Å². The summed E-state index contributed by atoms with van der Waals surface area (Å²) in [5.41, 5.74) is 4.85. The predicted octanol–water partition coefficient (Wildman–Crippen LogP) is 1.41. The van der Waals surface area contributed by atoms with Gasteiger partial charge in [-0.3, -0.25) is 0 Å². The molecule has 0 aromatic rings. The molecule has 0 fully saturated rings. The van der Waals surface area contributed by atoms with Gasteiger partial charge in [0, 0.05) is 12.3 Å². The molecule has 1 unspecified atom stereocenters. The molecule has 0 bridgehead atoms. The van der Waals surface area contributed by atoms with Crippen LogP contribution < -0.4 is 5.73 Å². The van der Waals surface area contributed by atoms with Crippen molar-refractivity contribution in [2.75, 3.05) is 6.54 Å². The molecule has 0 heterocycles. The van der Waals surface area contributed by atoms with Gasteiger partial charge in [-0.2, -0.15) is 10.5 Å². The van der Waals surface area contributed by atoms with Crippen molar-refractivity contribution in [1.82, 2.24) is 0 Å². The molecular weight excluding hydrogens is 138 g/mol. The highest BCUT2D eigenvalue weighted by Gasteiger charge is 1.95. The smallest absolute Gasteiger partial charge is 0.0653 e. The first-order chi connectivity index (χ1) is 5.22. The Morgan fingerprint density at radius 3 is 2.18 bits per heavy atom. The average Bonchev–Trinajstić information content (AvgIpc) is 2.02. The molecule has 3 heteroatoms. The maximum absolute atomic E-state index is 8.20. The summed E-state index contributed by atoms with van der Waals surface area (Å²) in [5.74, 6) is 0.0367. The van der Waals surface area contributed by atoms with Gasteiger partial charge in [-0.05, 0) is 19.9 Å². The van der Waals surface area contributed by atoms with E-state index in [0.717, 1.165) is 6.54 Å². The van der Waals surface area contributed by atoms with E-state index in [1.807, 2.05) is 26.0 Å². The van der Waals surface area contributed by atoms with Crippen molar-refractivity contribution in [3.05, 3.63) is 0 Å². The maximum Gasteiger partial charge on any atom is 0.0653 e. The second kappa shape index (κ2) is 11.7. The summed E-state index contributed by atoms with van der Waals surface area (Å²) >= 11 is 0. The van der Waals surface area contributed by atoms with Gasteiger partial charge in [0.1, 0.15) is 0 Å². The van der Waals surface area contributed by atoms with Crippen LogP contribution in [0, 0.1) is 28.6 Å². The highest BCUT2D eigenvalue weighted by Crippen LogP contribution is 2.00. The van der Waals surface area contributed by atoms with Crippen LogP contribution in [0.5, 0.6) is 0 Å². The summed E-state index contributed by atoms with van der Waals surface area (Å²) in [6, 6.07) is 4.03. The molecule has 0 aromatic heterocycles. The van der Waals surface area contributed by atoms with Crippen LogP contribution in [0.1, 0.15) is 26.7 Å². The molecule has 0 aliphatic carbocycles. The van der Waals surface area contributed by atoms with Crippen LogP contribution in [0.3, 0.4) is 0 Å². The lowest BCUT2D eigenvalue weighted by molar-refractivity contribution is 0.675. The molecule has 3 nitrogen and oxygen atoms in total. The van der Waals surface area contributed by atoms with E-state index in [0.29, 0.717) is 12.8 Å². The van der Waals surface area contributed by atoms with Crippen LogP contribution in [-0.4, -0.2) is 6.54 Å². The largest absolute Gasteiger partial charge is 0.331 e. The molecule has 0 spiro atoms. The fraction of sp³-hybridized carbons (Fsp3) is 0.750. The van der Waals surface area contributed by atoms with Crippen LogP contribution >= 0.6 is 0 Å². The molecule has 0 aliphatic rings. The van der Waals surface area contributed by atoms with Crippen molar-refractivity contribution in [1.29, 1.82) is 10.5 Å². The van der Waals surface area contributed by atoms with Gasteiger partial charge in [-0.25, -0.2) is 0 Å². The van der Waals surface area contributed by atoms with Crippen molar-refractivity contribution in [3.8, 4) is 12.1 Å². The number of hydrogen-bond acceptors (Lipinski definition) is 3. The van der Waals surface area contributed by atoms with Crippen LogP contribution in [0.25, 0.3) is 0 Å². The lowest BCUT2D eigenvalue weighted by atomic mass is 10.1. The normalized spacial score (nSPS) is 9.91. The Labute approximate surface area is 68.4 Å². The Kier molecular flexibility index (Phi) is 13.4. The first-order valence-corrected chi connectivity index (χ1v) is 3.69. The van der Waals surface area contributed by atoms with Gasteiger partial charge in [0.05, 0.1) is 12.1 Å². The van der Waals surface area contributed by atoms with Crippen LogP contribution in [0.15, 0.2) is 0 Å². The van der Waals surface area contributed by atoms with Gasteiger partial charge in [0.15, 0.2) is 0 Å². The molecule has 0 aromatic carbocycles. The fourth-order valence-corrected chi connectivity index (χ4v) is 0.346. The molecule has 11 heavy (non-hydrogen) atoms. The van der Waals surface area contributed by atoms with Gasteiger partial charge < -0.3 is 5.73 Å². The molecule has 1 atom stereocenters. The van der Waals surface area contributed by atoms with Crippen molar-refractivity contribution >= 4 is 0 Å². The summed E-state index contributed by atoms with van der Waals surface area (Å²) in [6.07, 6.45) is 1.20. The second-order valence-electron chi connectivity index (χ2n) is 2.14. The minimum absolute atomic E-state index is 0.0367. The Morgan fingerprint density at radius 1 is 1.45 bits per heavy atom. The lowest BCUT2D eigenvalue weighted by Crippen LogP contribution is -1.87. The average molecular weight is 153 g/mol. The number of nitrogens with two attached hydrogens (primary N) is 1. The Hall–Kier alpha value is -1.06. The molecular formula is C8H15N3. The van der Waals surface area contributed by atoms with Crippen molar-refractivity contribution in [2.45, 2.75) is 26.7 Å². The minimum Gasteiger partial charge on any atom is -0.331 e. The third-order valence-corrected chi connectivity index (χ3v) is 0.910. The maximum atomic E-state index is 8.20. The monoisotopic (exact) mass is 153 g/mol. The minimum atomic E-state index is 0.0367. The zero-order valence-corrected chi connectivity index (χ0v) is 7.17. The SMILES string of the molecule is CC(C#N)CCC#N.CCN. The summed E-state index contributed by atoms with van der Waals surface area (Å²) in [7, 11) is 0. The summed E-state index contributed by atoms with van der Waals surface area (Å²) in [6.45, 7) is 4.47. The molecule has 0 saturated carbocycles. The number of nitriles is 2. The topological polar surface area (TPSA) is 73.6 Å². The summed E-state index contributed by atoms with van der Waals surface area (Å²) < 4.78 is 0. The van der Waals surface area contributed by atoms with Gasteiger partial charge in [-0.1, -0.05) is 6.92 Å². The highest BCUT2D eigenvalue weighted by molar-refractivity contribution is 4.82. The number of nitrogens with zero attached hydrogens (tertiary/aromatic N) is 2. The van der Waals surface area contributed by atoms with Gasteiger partial charge in [-0.15, -0.1) is 0 Å². The Morgan fingerprint density at radius 2 is 1.91 bits per heavy atom. The van der Waals surface area contributed by atoms with Gasteiger partial charge >= 0.3 is 0 Å². The van der Waals surface area contributed by atoms with Crippen molar-refractivity contribution in [3.63, 3.8) is 0 Å². The van der Waals surface area contributed by atoms with E-state index in [2.05, 4.69) is 0 Å².